The van der Waals surface area contributed by atoms with E-state index in [0.29, 0.717) is 13.0 Å². The molecule has 0 saturated carbocycles. The summed E-state index contributed by atoms with van der Waals surface area (Å²) in [5, 5.41) is 15.8. The van der Waals surface area contributed by atoms with E-state index in [1.807, 2.05) is 6.07 Å². The van der Waals surface area contributed by atoms with E-state index in [1.165, 1.54) is 0 Å². The molecule has 0 radical (unpaired) electrons. The van der Waals surface area contributed by atoms with Crippen LogP contribution in [0, 0.1) is 0 Å². The van der Waals surface area contributed by atoms with Crippen LogP contribution in [0.5, 0.6) is 0 Å². The molecule has 4 heteroatoms. The molecule has 0 fully saturated rings. The molecule has 0 bridgehead atoms. The van der Waals surface area contributed by atoms with Crippen LogP contribution in [-0.4, -0.2) is 35.1 Å². The second-order valence-electron chi connectivity index (χ2n) is 2.40. The van der Waals surface area contributed by atoms with Gasteiger partial charge in [-0.2, -0.15) is 5.10 Å². The number of rotatable bonds is 4. The number of aliphatic hydroxyl groups excluding tert-OH is 1. The molecule has 1 heterocycles. The number of nitrogens with one attached hydrogen (secondary N) is 1. The van der Waals surface area contributed by atoms with E-state index < -0.39 is 6.10 Å². The minimum absolute atomic E-state index is 0.360. The van der Waals surface area contributed by atoms with E-state index in [4.69, 9.17) is 4.74 Å². The topological polar surface area (TPSA) is 58.1 Å². The highest BCUT2D eigenvalue weighted by Gasteiger charge is 2.04. The number of H-pyrrole nitrogens is 1. The van der Waals surface area contributed by atoms with Crippen molar-refractivity contribution in [3.05, 3.63) is 18.0 Å². The van der Waals surface area contributed by atoms with Crippen molar-refractivity contribution >= 4 is 0 Å². The van der Waals surface area contributed by atoms with Crippen molar-refractivity contribution < 1.29 is 9.84 Å². The summed E-state index contributed by atoms with van der Waals surface area (Å²) in [6.45, 7) is 0.360. The van der Waals surface area contributed by atoms with E-state index in [-0.39, 0.29) is 0 Å². The van der Waals surface area contributed by atoms with Gasteiger partial charge in [-0.05, 0) is 6.07 Å². The highest BCUT2D eigenvalue weighted by atomic mass is 16.5. The lowest BCUT2D eigenvalue weighted by Crippen LogP contribution is -2.17. The molecule has 0 aliphatic carbocycles. The van der Waals surface area contributed by atoms with Gasteiger partial charge in [0, 0.05) is 25.4 Å². The summed E-state index contributed by atoms with van der Waals surface area (Å²) in [5.41, 5.74) is 0.926. The van der Waals surface area contributed by atoms with E-state index in [0.717, 1.165) is 5.69 Å². The Bertz CT molecular complexity index is 186. The maximum Gasteiger partial charge on any atom is 0.0828 e. The maximum absolute atomic E-state index is 9.25. The predicted molar refractivity (Wildman–Crippen MR) is 40.2 cm³/mol. The van der Waals surface area contributed by atoms with Gasteiger partial charge in [0.2, 0.25) is 0 Å². The summed E-state index contributed by atoms with van der Waals surface area (Å²) >= 11 is 0. The third kappa shape index (κ3) is 2.69. The van der Waals surface area contributed by atoms with Crippen LogP contribution in [0.15, 0.2) is 12.3 Å². The van der Waals surface area contributed by atoms with Crippen molar-refractivity contribution in [1.82, 2.24) is 10.2 Å². The van der Waals surface area contributed by atoms with Crippen LogP contribution in [-0.2, 0) is 11.2 Å². The molecule has 1 rings (SSSR count). The molecular formula is C7H12N2O2. The van der Waals surface area contributed by atoms with Gasteiger partial charge in [0.25, 0.3) is 0 Å². The molecule has 1 unspecified atom stereocenters. The second kappa shape index (κ2) is 4.10. The van der Waals surface area contributed by atoms with Gasteiger partial charge in [-0.1, -0.05) is 0 Å². The van der Waals surface area contributed by atoms with Crippen LogP contribution < -0.4 is 0 Å². The highest BCUT2D eigenvalue weighted by molar-refractivity contribution is 4.98. The minimum Gasteiger partial charge on any atom is -0.390 e. The van der Waals surface area contributed by atoms with Crippen LogP contribution in [0.1, 0.15) is 5.69 Å². The van der Waals surface area contributed by atoms with Gasteiger partial charge in [-0.25, -0.2) is 0 Å². The SMILES string of the molecule is COCC(O)Cc1ccn[nH]1. The Kier molecular flexibility index (Phi) is 3.07. The molecular weight excluding hydrogens is 144 g/mol. The molecule has 62 valence electrons. The first-order chi connectivity index (χ1) is 5.33. The molecule has 0 aliphatic rings. The number of hydrogen-bond donors (Lipinski definition) is 2. The second-order valence-corrected chi connectivity index (χ2v) is 2.40. The Labute approximate surface area is 65.2 Å². The zero-order valence-corrected chi connectivity index (χ0v) is 6.45. The van der Waals surface area contributed by atoms with Crippen LogP contribution >= 0.6 is 0 Å². The number of hydrogen-bond acceptors (Lipinski definition) is 3. The highest BCUT2D eigenvalue weighted by Crippen LogP contribution is 1.97. The molecule has 0 spiro atoms. The number of aromatic nitrogens is 2. The summed E-state index contributed by atoms with van der Waals surface area (Å²) in [5.74, 6) is 0. The van der Waals surface area contributed by atoms with E-state index in [9.17, 15) is 5.11 Å². The Balaban J connectivity index is 2.31. The van der Waals surface area contributed by atoms with Gasteiger partial charge >= 0.3 is 0 Å². The van der Waals surface area contributed by atoms with Crippen LogP contribution in [0.2, 0.25) is 0 Å². The zero-order chi connectivity index (χ0) is 8.10. The molecule has 0 aliphatic heterocycles. The first kappa shape index (κ1) is 8.23. The maximum atomic E-state index is 9.25. The van der Waals surface area contributed by atoms with Crippen molar-refractivity contribution in [3.63, 3.8) is 0 Å². The molecule has 0 saturated heterocycles. The lowest BCUT2D eigenvalue weighted by molar-refractivity contribution is 0.0644. The summed E-state index contributed by atoms with van der Waals surface area (Å²) in [4.78, 5) is 0. The minimum atomic E-state index is -0.444. The molecule has 4 nitrogen and oxygen atoms in total. The number of nitrogens with zero attached hydrogens (tertiary/aromatic N) is 1. The zero-order valence-electron chi connectivity index (χ0n) is 6.45. The molecule has 1 aromatic heterocycles. The van der Waals surface area contributed by atoms with Crippen molar-refractivity contribution in [3.8, 4) is 0 Å². The van der Waals surface area contributed by atoms with Gasteiger partial charge in [-0.3, -0.25) is 5.10 Å². The predicted octanol–water partition coefficient (Wildman–Crippen LogP) is -0.0405. The van der Waals surface area contributed by atoms with E-state index in [2.05, 4.69) is 10.2 Å². The number of aliphatic hydroxyl groups is 1. The first-order valence-corrected chi connectivity index (χ1v) is 3.48. The lowest BCUT2D eigenvalue weighted by Gasteiger charge is -2.06. The normalized spacial score (nSPS) is 13.3. The average Bonchev–Trinajstić information content (AvgIpc) is 2.40. The quantitative estimate of drug-likeness (QED) is 0.643. The van der Waals surface area contributed by atoms with Gasteiger partial charge < -0.3 is 9.84 Å². The summed E-state index contributed by atoms with van der Waals surface area (Å²) in [7, 11) is 1.57. The summed E-state index contributed by atoms with van der Waals surface area (Å²) < 4.78 is 4.77. The smallest absolute Gasteiger partial charge is 0.0828 e. The largest absolute Gasteiger partial charge is 0.390 e. The van der Waals surface area contributed by atoms with E-state index >= 15 is 0 Å². The molecule has 1 aromatic rings. The van der Waals surface area contributed by atoms with Gasteiger partial charge in [0.1, 0.15) is 0 Å². The Hall–Kier alpha value is -0.870. The van der Waals surface area contributed by atoms with Crippen LogP contribution in [0.4, 0.5) is 0 Å². The average molecular weight is 156 g/mol. The Morgan fingerprint density at radius 2 is 2.64 bits per heavy atom. The molecule has 2 N–H and O–H groups in total. The molecule has 0 aromatic carbocycles. The standard InChI is InChI=1S/C7H12N2O2/c1-11-5-7(10)4-6-2-3-8-9-6/h2-3,7,10H,4-5H2,1H3,(H,8,9). The first-order valence-electron chi connectivity index (χ1n) is 3.48. The van der Waals surface area contributed by atoms with Crippen molar-refractivity contribution in [2.24, 2.45) is 0 Å². The van der Waals surface area contributed by atoms with Gasteiger partial charge in [-0.15, -0.1) is 0 Å². The third-order valence-corrected chi connectivity index (χ3v) is 1.37. The fourth-order valence-electron chi connectivity index (χ4n) is 0.904. The van der Waals surface area contributed by atoms with Crippen molar-refractivity contribution in [1.29, 1.82) is 0 Å². The molecule has 0 amide bonds. The number of methoxy groups -OCH3 is 1. The fraction of sp³-hybridized carbons (Fsp3) is 0.571. The fourth-order valence-corrected chi connectivity index (χ4v) is 0.904. The van der Waals surface area contributed by atoms with Gasteiger partial charge in [0.15, 0.2) is 0 Å². The van der Waals surface area contributed by atoms with Crippen LogP contribution in [0.25, 0.3) is 0 Å². The summed E-state index contributed by atoms with van der Waals surface area (Å²) in [6.07, 6.45) is 1.78. The van der Waals surface area contributed by atoms with Crippen molar-refractivity contribution in [2.75, 3.05) is 13.7 Å². The molecule has 11 heavy (non-hydrogen) atoms. The number of ether oxygens (including phenoxy) is 1. The third-order valence-electron chi connectivity index (χ3n) is 1.37. The van der Waals surface area contributed by atoms with E-state index in [1.54, 1.807) is 13.3 Å². The monoisotopic (exact) mass is 156 g/mol. The van der Waals surface area contributed by atoms with Crippen molar-refractivity contribution in [2.45, 2.75) is 12.5 Å². The lowest BCUT2D eigenvalue weighted by atomic mass is 10.2. The Morgan fingerprint density at radius 3 is 3.18 bits per heavy atom. The molecule has 1 atom stereocenters. The summed E-state index contributed by atoms with van der Waals surface area (Å²) in [6, 6.07) is 1.83. The van der Waals surface area contributed by atoms with Crippen LogP contribution in [0.3, 0.4) is 0 Å². The Morgan fingerprint density at radius 1 is 1.82 bits per heavy atom. The number of aromatic amines is 1. The van der Waals surface area contributed by atoms with Gasteiger partial charge in [0.05, 0.1) is 12.7 Å².